The molecule has 0 amide bonds. The largest absolute Gasteiger partial charge is 0.330 e. The minimum atomic E-state index is 0.360. The molecule has 12 heavy (non-hydrogen) atoms. The van der Waals surface area contributed by atoms with E-state index >= 15 is 0 Å². The van der Waals surface area contributed by atoms with Crippen molar-refractivity contribution in [1.29, 1.82) is 0 Å². The van der Waals surface area contributed by atoms with Crippen LogP contribution in [0.1, 0.15) is 33.6 Å². The Hall–Kier alpha value is -0.0800. The molecule has 0 spiro atoms. The molecule has 74 valence electrons. The van der Waals surface area contributed by atoms with Gasteiger partial charge in [0.05, 0.1) is 0 Å². The van der Waals surface area contributed by atoms with Gasteiger partial charge in [-0.3, -0.25) is 0 Å². The molecular formula is C10H24N2. The van der Waals surface area contributed by atoms with E-state index in [1.807, 2.05) is 0 Å². The molecule has 0 heterocycles. The Balaban J connectivity index is 4.05. The zero-order valence-electron chi connectivity index (χ0n) is 9.22. The number of hydrogen-bond donors (Lipinski definition) is 1. The average molecular weight is 172 g/mol. The Morgan fingerprint density at radius 1 is 1.25 bits per heavy atom. The van der Waals surface area contributed by atoms with Gasteiger partial charge in [-0.25, -0.2) is 0 Å². The molecule has 1 atom stereocenters. The Morgan fingerprint density at radius 2 is 1.75 bits per heavy atom. The van der Waals surface area contributed by atoms with E-state index < -0.39 is 0 Å². The van der Waals surface area contributed by atoms with Crippen molar-refractivity contribution in [3.05, 3.63) is 0 Å². The third kappa shape index (κ3) is 4.07. The van der Waals surface area contributed by atoms with E-state index in [-0.39, 0.29) is 0 Å². The van der Waals surface area contributed by atoms with Gasteiger partial charge in [-0.1, -0.05) is 20.8 Å². The molecule has 0 aromatic rings. The van der Waals surface area contributed by atoms with Crippen molar-refractivity contribution in [3.8, 4) is 0 Å². The molecule has 0 saturated carbocycles. The zero-order valence-corrected chi connectivity index (χ0v) is 9.22. The van der Waals surface area contributed by atoms with Crippen LogP contribution in [0.5, 0.6) is 0 Å². The highest BCUT2D eigenvalue weighted by Crippen LogP contribution is 2.25. The van der Waals surface area contributed by atoms with Crippen molar-refractivity contribution in [2.45, 2.75) is 39.7 Å². The van der Waals surface area contributed by atoms with Crippen LogP contribution >= 0.6 is 0 Å². The summed E-state index contributed by atoms with van der Waals surface area (Å²) < 4.78 is 0. The zero-order chi connectivity index (χ0) is 9.78. The average Bonchev–Trinajstić information content (AvgIpc) is 1.84. The number of nitrogens with zero attached hydrogens (tertiary/aromatic N) is 1. The van der Waals surface area contributed by atoms with Crippen LogP contribution < -0.4 is 5.73 Å². The van der Waals surface area contributed by atoms with Gasteiger partial charge in [0.1, 0.15) is 0 Å². The fraction of sp³-hybridized carbons (Fsp3) is 1.00. The van der Waals surface area contributed by atoms with E-state index in [1.165, 1.54) is 6.42 Å². The molecule has 0 aliphatic rings. The number of rotatable bonds is 4. The molecule has 0 aromatic carbocycles. The first-order valence-corrected chi connectivity index (χ1v) is 4.76. The molecule has 2 heteroatoms. The Labute approximate surface area is 77.1 Å². The summed E-state index contributed by atoms with van der Waals surface area (Å²) in [5.41, 5.74) is 5.86. The summed E-state index contributed by atoms with van der Waals surface area (Å²) in [5.74, 6) is 0. The lowest BCUT2D eigenvalue weighted by atomic mass is 9.83. The molecule has 0 aliphatic carbocycles. The maximum atomic E-state index is 5.50. The minimum absolute atomic E-state index is 0.360. The van der Waals surface area contributed by atoms with Crippen LogP contribution in [0.2, 0.25) is 0 Å². The van der Waals surface area contributed by atoms with E-state index in [4.69, 9.17) is 5.73 Å². The molecule has 0 aromatic heterocycles. The van der Waals surface area contributed by atoms with E-state index in [9.17, 15) is 0 Å². The van der Waals surface area contributed by atoms with Crippen LogP contribution in [0, 0.1) is 5.41 Å². The molecular weight excluding hydrogens is 148 g/mol. The van der Waals surface area contributed by atoms with Crippen molar-refractivity contribution in [2.75, 3.05) is 20.6 Å². The van der Waals surface area contributed by atoms with Crippen LogP contribution in [-0.2, 0) is 0 Å². The molecule has 0 fully saturated rings. The fourth-order valence-corrected chi connectivity index (χ4v) is 1.78. The monoisotopic (exact) mass is 172 g/mol. The molecule has 2 nitrogen and oxygen atoms in total. The molecule has 0 rings (SSSR count). The van der Waals surface area contributed by atoms with Crippen LogP contribution in [0.15, 0.2) is 0 Å². The summed E-state index contributed by atoms with van der Waals surface area (Å²) in [6.07, 6.45) is 2.33. The van der Waals surface area contributed by atoms with Crippen molar-refractivity contribution in [2.24, 2.45) is 11.1 Å². The van der Waals surface area contributed by atoms with Gasteiger partial charge >= 0.3 is 0 Å². The van der Waals surface area contributed by atoms with Crippen LogP contribution in [0.4, 0.5) is 0 Å². The van der Waals surface area contributed by atoms with Crippen molar-refractivity contribution in [3.63, 3.8) is 0 Å². The maximum absolute atomic E-state index is 5.50. The van der Waals surface area contributed by atoms with Gasteiger partial charge in [-0.2, -0.15) is 0 Å². The fourth-order valence-electron chi connectivity index (χ4n) is 1.78. The Bertz CT molecular complexity index is 113. The second-order valence-corrected chi connectivity index (χ2v) is 4.78. The summed E-state index contributed by atoms with van der Waals surface area (Å²) in [4.78, 5) is 2.30. The van der Waals surface area contributed by atoms with Crippen LogP contribution in [0.3, 0.4) is 0 Å². The summed E-state index contributed by atoms with van der Waals surface area (Å²) in [5, 5.41) is 0. The first kappa shape index (κ1) is 11.9. The van der Waals surface area contributed by atoms with E-state index in [1.54, 1.807) is 0 Å². The lowest BCUT2D eigenvalue weighted by Crippen LogP contribution is -2.39. The van der Waals surface area contributed by atoms with Gasteiger partial charge in [-0.05, 0) is 38.9 Å². The minimum Gasteiger partial charge on any atom is -0.330 e. The van der Waals surface area contributed by atoms with Gasteiger partial charge < -0.3 is 10.6 Å². The third-order valence-corrected chi connectivity index (χ3v) is 2.30. The van der Waals surface area contributed by atoms with Crippen LogP contribution in [0.25, 0.3) is 0 Å². The highest BCUT2D eigenvalue weighted by molar-refractivity contribution is 4.79. The summed E-state index contributed by atoms with van der Waals surface area (Å²) in [7, 11) is 4.29. The normalized spacial score (nSPS) is 15.2. The topological polar surface area (TPSA) is 29.3 Å². The molecule has 0 radical (unpaired) electrons. The SMILES string of the molecule is CN(C)C(CCCN)C(C)(C)C. The van der Waals surface area contributed by atoms with Crippen LogP contribution in [-0.4, -0.2) is 31.6 Å². The van der Waals surface area contributed by atoms with Gasteiger partial charge in [-0.15, -0.1) is 0 Å². The summed E-state index contributed by atoms with van der Waals surface area (Å²) >= 11 is 0. The molecule has 0 aliphatic heterocycles. The molecule has 1 unspecified atom stereocenters. The first-order chi connectivity index (χ1) is 5.39. The smallest absolute Gasteiger partial charge is 0.0138 e. The maximum Gasteiger partial charge on any atom is 0.0138 e. The first-order valence-electron chi connectivity index (χ1n) is 4.76. The predicted molar refractivity (Wildman–Crippen MR) is 55.2 cm³/mol. The molecule has 0 bridgehead atoms. The lowest BCUT2D eigenvalue weighted by Gasteiger charge is -2.36. The van der Waals surface area contributed by atoms with Gasteiger partial charge in [0.2, 0.25) is 0 Å². The quantitative estimate of drug-likeness (QED) is 0.699. The lowest BCUT2D eigenvalue weighted by molar-refractivity contribution is 0.141. The highest BCUT2D eigenvalue weighted by atomic mass is 15.1. The highest BCUT2D eigenvalue weighted by Gasteiger charge is 2.25. The van der Waals surface area contributed by atoms with Crippen molar-refractivity contribution < 1.29 is 0 Å². The van der Waals surface area contributed by atoms with Gasteiger partial charge in [0.15, 0.2) is 0 Å². The number of nitrogens with two attached hydrogens (primary N) is 1. The van der Waals surface area contributed by atoms with Crippen molar-refractivity contribution in [1.82, 2.24) is 4.90 Å². The Morgan fingerprint density at radius 3 is 2.00 bits per heavy atom. The summed E-state index contributed by atoms with van der Waals surface area (Å²) in [6, 6.07) is 0.640. The standard InChI is InChI=1S/C10H24N2/c1-10(2,3)9(12(4)5)7-6-8-11/h9H,6-8,11H2,1-5H3. The van der Waals surface area contributed by atoms with E-state index in [0.717, 1.165) is 13.0 Å². The van der Waals surface area contributed by atoms with E-state index in [0.29, 0.717) is 11.5 Å². The molecule has 0 saturated heterocycles. The molecule has 2 N–H and O–H groups in total. The van der Waals surface area contributed by atoms with Crippen molar-refractivity contribution >= 4 is 0 Å². The second kappa shape index (κ2) is 4.83. The predicted octanol–water partition coefficient (Wildman–Crippen LogP) is 1.70. The third-order valence-electron chi connectivity index (χ3n) is 2.30. The number of hydrogen-bond acceptors (Lipinski definition) is 2. The van der Waals surface area contributed by atoms with E-state index in [2.05, 4.69) is 39.8 Å². The second-order valence-electron chi connectivity index (χ2n) is 4.78. The van der Waals surface area contributed by atoms with Gasteiger partial charge in [0.25, 0.3) is 0 Å². The van der Waals surface area contributed by atoms with Gasteiger partial charge in [0, 0.05) is 6.04 Å². The Kier molecular flexibility index (Phi) is 4.80. The summed E-state index contributed by atoms with van der Waals surface area (Å²) in [6.45, 7) is 7.66.